The number of anilines is 1. The van der Waals surface area contributed by atoms with Crippen molar-refractivity contribution in [1.82, 2.24) is 19.6 Å². The van der Waals surface area contributed by atoms with Gasteiger partial charge in [0.15, 0.2) is 0 Å². The molecule has 0 bridgehead atoms. The van der Waals surface area contributed by atoms with Gasteiger partial charge in [0.05, 0.1) is 21.6 Å². The molecular formula is C20H24FN5O3S. The topological polar surface area (TPSA) is 101 Å². The lowest BCUT2D eigenvalue weighted by Gasteiger charge is -2.36. The van der Waals surface area contributed by atoms with Crippen LogP contribution in [0.2, 0.25) is 0 Å². The lowest BCUT2D eigenvalue weighted by atomic mass is 10.2. The van der Waals surface area contributed by atoms with Crippen molar-refractivity contribution < 1.29 is 12.8 Å². The van der Waals surface area contributed by atoms with Crippen LogP contribution in [0.3, 0.4) is 0 Å². The van der Waals surface area contributed by atoms with Crippen molar-refractivity contribution in [1.29, 1.82) is 0 Å². The fourth-order valence-corrected chi connectivity index (χ4v) is 4.85. The second-order valence-corrected chi connectivity index (χ2v) is 9.08. The van der Waals surface area contributed by atoms with Gasteiger partial charge in [-0.1, -0.05) is 12.1 Å². The molecule has 0 aliphatic carbocycles. The summed E-state index contributed by atoms with van der Waals surface area (Å²) in [6.45, 7) is 4.40. The Hall–Kier alpha value is -2.69. The number of hydrogen-bond donors (Lipinski definition) is 3. The van der Waals surface area contributed by atoms with Crippen LogP contribution in [0.1, 0.15) is 6.42 Å². The van der Waals surface area contributed by atoms with E-state index in [1.54, 1.807) is 0 Å². The second kappa shape index (κ2) is 8.58. The molecule has 3 aromatic rings. The van der Waals surface area contributed by atoms with Gasteiger partial charge in [-0.05, 0) is 43.3 Å². The first-order valence-corrected chi connectivity index (χ1v) is 11.3. The maximum atomic E-state index is 13.2. The maximum absolute atomic E-state index is 13.2. The molecule has 2 aromatic carbocycles. The van der Waals surface area contributed by atoms with E-state index < -0.39 is 15.8 Å². The van der Waals surface area contributed by atoms with Crippen LogP contribution in [-0.2, 0) is 10.0 Å². The molecule has 1 fully saturated rings. The largest absolute Gasteiger partial charge is 0.367 e. The molecule has 160 valence electrons. The Balaban J connectivity index is 1.26. The number of nitrogens with one attached hydrogen (secondary N) is 3. The van der Waals surface area contributed by atoms with Crippen LogP contribution >= 0.6 is 0 Å². The van der Waals surface area contributed by atoms with Crippen molar-refractivity contribution in [2.24, 2.45) is 0 Å². The van der Waals surface area contributed by atoms with Crippen molar-refractivity contribution in [3.8, 4) is 0 Å². The van der Waals surface area contributed by atoms with Gasteiger partial charge >= 0.3 is 5.69 Å². The number of imidazole rings is 1. The molecule has 2 heterocycles. The molecule has 30 heavy (non-hydrogen) atoms. The molecular weight excluding hydrogens is 409 g/mol. The average molecular weight is 434 g/mol. The fourth-order valence-electron chi connectivity index (χ4n) is 3.75. The standard InChI is InChI=1S/C20H24FN5O3S/c21-15-4-1-5-16(14-15)30(28,29)22-8-3-9-25-10-12-26(13-11-25)18-7-2-6-17-19(18)24-20(27)23-17/h1-2,4-7,14,22H,3,8-13H2,(H2,23,24,27). The summed E-state index contributed by atoms with van der Waals surface area (Å²) in [4.78, 5) is 21.7. The Labute approximate surface area is 173 Å². The van der Waals surface area contributed by atoms with E-state index in [0.717, 1.165) is 55.5 Å². The first-order chi connectivity index (χ1) is 14.4. The fraction of sp³-hybridized carbons (Fsp3) is 0.350. The normalized spacial score (nSPS) is 15.7. The van der Waals surface area contributed by atoms with E-state index >= 15 is 0 Å². The van der Waals surface area contributed by atoms with Crippen molar-refractivity contribution in [2.45, 2.75) is 11.3 Å². The van der Waals surface area contributed by atoms with E-state index in [4.69, 9.17) is 0 Å². The molecule has 0 unspecified atom stereocenters. The minimum absolute atomic E-state index is 0.0620. The highest BCUT2D eigenvalue weighted by molar-refractivity contribution is 7.89. The third kappa shape index (κ3) is 4.55. The molecule has 1 saturated heterocycles. The van der Waals surface area contributed by atoms with Crippen LogP contribution in [0.5, 0.6) is 0 Å². The molecule has 1 aliphatic rings. The van der Waals surface area contributed by atoms with Crippen LogP contribution in [0.15, 0.2) is 52.2 Å². The monoisotopic (exact) mass is 433 g/mol. The zero-order chi connectivity index (χ0) is 21.1. The number of H-pyrrole nitrogens is 2. The Morgan fingerprint density at radius 2 is 1.80 bits per heavy atom. The molecule has 0 amide bonds. The van der Waals surface area contributed by atoms with Gasteiger partial charge in [0, 0.05) is 32.7 Å². The van der Waals surface area contributed by atoms with Crippen LogP contribution in [0.4, 0.5) is 10.1 Å². The van der Waals surface area contributed by atoms with Gasteiger partial charge in [-0.15, -0.1) is 0 Å². The number of rotatable bonds is 7. The summed E-state index contributed by atoms with van der Waals surface area (Å²) in [5.74, 6) is -0.574. The number of fused-ring (bicyclic) bond motifs is 1. The van der Waals surface area contributed by atoms with E-state index in [-0.39, 0.29) is 10.6 Å². The summed E-state index contributed by atoms with van der Waals surface area (Å²) in [7, 11) is -3.70. The molecule has 3 N–H and O–H groups in total. The lowest BCUT2D eigenvalue weighted by Crippen LogP contribution is -2.47. The molecule has 10 heteroatoms. The highest BCUT2D eigenvalue weighted by Gasteiger charge is 2.20. The van der Waals surface area contributed by atoms with Crippen molar-refractivity contribution in [3.63, 3.8) is 0 Å². The predicted octanol–water partition coefficient (Wildman–Crippen LogP) is 1.49. The molecule has 0 radical (unpaired) electrons. The number of nitrogens with zero attached hydrogens (tertiary/aromatic N) is 2. The van der Waals surface area contributed by atoms with Gasteiger partial charge in [-0.3, -0.25) is 4.90 Å². The first-order valence-electron chi connectivity index (χ1n) is 9.86. The summed E-state index contributed by atoms with van der Waals surface area (Å²) in [5.41, 5.74) is 2.42. The zero-order valence-corrected chi connectivity index (χ0v) is 17.2. The van der Waals surface area contributed by atoms with E-state index in [0.29, 0.717) is 13.0 Å². The number of hydrogen-bond acceptors (Lipinski definition) is 5. The van der Waals surface area contributed by atoms with E-state index in [9.17, 15) is 17.6 Å². The van der Waals surface area contributed by atoms with E-state index in [1.165, 1.54) is 18.2 Å². The van der Waals surface area contributed by atoms with Crippen molar-refractivity contribution in [2.75, 3.05) is 44.2 Å². The van der Waals surface area contributed by atoms with Crippen LogP contribution in [0.25, 0.3) is 11.0 Å². The first kappa shape index (κ1) is 20.6. The van der Waals surface area contributed by atoms with E-state index in [2.05, 4.69) is 24.5 Å². The third-order valence-electron chi connectivity index (χ3n) is 5.29. The average Bonchev–Trinajstić information content (AvgIpc) is 3.12. The van der Waals surface area contributed by atoms with Gasteiger partial charge in [0.1, 0.15) is 5.82 Å². The Kier molecular flexibility index (Phi) is 5.89. The minimum atomic E-state index is -3.70. The SMILES string of the molecule is O=c1[nH]c2cccc(N3CCN(CCCNS(=O)(=O)c4cccc(F)c4)CC3)c2[nH]1. The molecule has 8 nitrogen and oxygen atoms in total. The Bertz CT molecular complexity index is 1180. The summed E-state index contributed by atoms with van der Waals surface area (Å²) in [6.07, 6.45) is 0.662. The van der Waals surface area contributed by atoms with Gasteiger partial charge in [0.25, 0.3) is 0 Å². The summed E-state index contributed by atoms with van der Waals surface area (Å²) in [5, 5.41) is 0. The molecule has 0 spiro atoms. The number of aromatic nitrogens is 2. The molecule has 1 aliphatic heterocycles. The summed E-state index contributed by atoms with van der Waals surface area (Å²) < 4.78 is 40.2. The Morgan fingerprint density at radius 1 is 1.03 bits per heavy atom. The smallest absolute Gasteiger partial charge is 0.323 e. The summed E-state index contributed by atoms with van der Waals surface area (Å²) >= 11 is 0. The van der Waals surface area contributed by atoms with Gasteiger partial charge in [-0.25, -0.2) is 22.3 Å². The third-order valence-corrected chi connectivity index (χ3v) is 6.75. The minimum Gasteiger partial charge on any atom is -0.367 e. The van der Waals surface area contributed by atoms with Crippen molar-refractivity contribution in [3.05, 3.63) is 58.8 Å². The number of sulfonamides is 1. The van der Waals surface area contributed by atoms with Gasteiger partial charge in [0.2, 0.25) is 10.0 Å². The highest BCUT2D eigenvalue weighted by atomic mass is 32.2. The number of benzene rings is 2. The second-order valence-electron chi connectivity index (χ2n) is 7.32. The predicted molar refractivity (Wildman–Crippen MR) is 114 cm³/mol. The molecule has 0 atom stereocenters. The van der Waals surface area contributed by atoms with Gasteiger partial charge < -0.3 is 14.9 Å². The lowest BCUT2D eigenvalue weighted by molar-refractivity contribution is 0.255. The molecule has 0 saturated carbocycles. The van der Waals surface area contributed by atoms with Gasteiger partial charge in [-0.2, -0.15) is 0 Å². The Morgan fingerprint density at radius 3 is 2.57 bits per heavy atom. The number of halogens is 1. The maximum Gasteiger partial charge on any atom is 0.323 e. The van der Waals surface area contributed by atoms with Crippen LogP contribution in [0, 0.1) is 5.82 Å². The number of aromatic amines is 2. The summed E-state index contributed by atoms with van der Waals surface area (Å²) in [6, 6.07) is 10.8. The molecule has 4 rings (SSSR count). The van der Waals surface area contributed by atoms with Crippen LogP contribution < -0.4 is 15.3 Å². The number of para-hydroxylation sites is 1. The van der Waals surface area contributed by atoms with Crippen LogP contribution in [-0.4, -0.2) is 62.6 Å². The highest BCUT2D eigenvalue weighted by Crippen LogP contribution is 2.24. The number of piperazine rings is 1. The van der Waals surface area contributed by atoms with Crippen molar-refractivity contribution >= 4 is 26.7 Å². The quantitative estimate of drug-likeness (QED) is 0.490. The van der Waals surface area contributed by atoms with E-state index in [1.807, 2.05) is 18.2 Å². The zero-order valence-electron chi connectivity index (χ0n) is 16.4. The molecule has 1 aromatic heterocycles.